The SMILES string of the molecule is OC1CC(Nc2ccccc2)C(O)C1Br. The summed E-state index contributed by atoms with van der Waals surface area (Å²) in [5.41, 5.74) is 0.968. The monoisotopic (exact) mass is 271 g/mol. The number of nitrogens with one attached hydrogen (secondary N) is 1. The normalized spacial score (nSPS) is 35.4. The molecule has 4 heteroatoms. The topological polar surface area (TPSA) is 52.5 Å². The van der Waals surface area contributed by atoms with Crippen molar-refractivity contribution < 1.29 is 10.2 Å². The first-order chi connectivity index (χ1) is 7.18. The van der Waals surface area contributed by atoms with E-state index in [1.165, 1.54) is 0 Å². The lowest BCUT2D eigenvalue weighted by Gasteiger charge is -2.18. The standard InChI is InChI=1S/C11H14BrNO2/c12-10-9(14)6-8(11(10)15)13-7-4-2-1-3-5-7/h1-5,8-11,13-15H,6H2. The van der Waals surface area contributed by atoms with Crippen molar-refractivity contribution in [2.75, 3.05) is 5.32 Å². The number of hydrogen-bond acceptors (Lipinski definition) is 3. The Labute approximate surface area is 97.3 Å². The maximum Gasteiger partial charge on any atom is 0.0891 e. The molecule has 4 atom stereocenters. The molecule has 0 spiro atoms. The minimum atomic E-state index is -0.555. The highest BCUT2D eigenvalue weighted by Crippen LogP contribution is 2.29. The van der Waals surface area contributed by atoms with Crippen LogP contribution in [-0.2, 0) is 0 Å². The summed E-state index contributed by atoms with van der Waals surface area (Å²) in [4.78, 5) is -0.237. The third-order valence-electron chi connectivity index (χ3n) is 2.73. The zero-order valence-corrected chi connectivity index (χ0v) is 9.76. The molecule has 0 bridgehead atoms. The third-order valence-corrected chi connectivity index (χ3v) is 3.88. The number of halogens is 1. The number of alkyl halides is 1. The molecule has 1 fully saturated rings. The number of benzene rings is 1. The molecule has 0 radical (unpaired) electrons. The van der Waals surface area contributed by atoms with Crippen molar-refractivity contribution in [3.63, 3.8) is 0 Å². The van der Waals surface area contributed by atoms with Crippen LogP contribution in [0, 0.1) is 0 Å². The lowest BCUT2D eigenvalue weighted by Crippen LogP contribution is -2.32. The Bertz CT molecular complexity index is 320. The van der Waals surface area contributed by atoms with Gasteiger partial charge in [-0.25, -0.2) is 0 Å². The van der Waals surface area contributed by atoms with Gasteiger partial charge in [0.05, 0.1) is 23.1 Å². The van der Waals surface area contributed by atoms with Gasteiger partial charge in [-0.2, -0.15) is 0 Å². The first kappa shape index (κ1) is 10.9. The van der Waals surface area contributed by atoms with Crippen LogP contribution < -0.4 is 5.32 Å². The minimum absolute atomic E-state index is 0.0909. The van der Waals surface area contributed by atoms with Crippen LogP contribution in [0.25, 0.3) is 0 Å². The van der Waals surface area contributed by atoms with E-state index in [1.807, 2.05) is 30.3 Å². The molecule has 1 aliphatic rings. The Hall–Kier alpha value is -0.580. The van der Waals surface area contributed by atoms with Gasteiger partial charge in [0.25, 0.3) is 0 Å². The van der Waals surface area contributed by atoms with Crippen LogP contribution in [-0.4, -0.2) is 33.3 Å². The lowest BCUT2D eigenvalue weighted by molar-refractivity contribution is 0.145. The van der Waals surface area contributed by atoms with Gasteiger partial charge < -0.3 is 15.5 Å². The summed E-state index contributed by atoms with van der Waals surface area (Å²) in [6.07, 6.45) is -0.479. The van der Waals surface area contributed by atoms with Crippen molar-refractivity contribution in [1.29, 1.82) is 0 Å². The summed E-state index contributed by atoms with van der Waals surface area (Å²) in [5.74, 6) is 0. The number of para-hydroxylation sites is 1. The van der Waals surface area contributed by atoms with E-state index in [1.54, 1.807) is 0 Å². The fraction of sp³-hybridized carbons (Fsp3) is 0.455. The van der Waals surface area contributed by atoms with Crippen molar-refractivity contribution in [2.45, 2.75) is 29.5 Å². The molecule has 1 aromatic rings. The Kier molecular flexibility index (Phi) is 3.29. The molecule has 1 aromatic carbocycles. The Morgan fingerprint density at radius 1 is 1.20 bits per heavy atom. The molecule has 2 rings (SSSR count). The van der Waals surface area contributed by atoms with Gasteiger partial charge in [0, 0.05) is 5.69 Å². The fourth-order valence-electron chi connectivity index (χ4n) is 1.87. The Balaban J connectivity index is 2.02. The average Bonchev–Trinajstić information content (AvgIpc) is 2.48. The highest BCUT2D eigenvalue weighted by molar-refractivity contribution is 9.09. The second-order valence-electron chi connectivity index (χ2n) is 3.85. The van der Waals surface area contributed by atoms with Gasteiger partial charge in [-0.05, 0) is 18.6 Å². The predicted molar refractivity (Wildman–Crippen MR) is 63.2 cm³/mol. The van der Waals surface area contributed by atoms with Crippen molar-refractivity contribution in [3.05, 3.63) is 30.3 Å². The summed E-state index contributed by atoms with van der Waals surface area (Å²) < 4.78 is 0. The first-order valence-electron chi connectivity index (χ1n) is 5.00. The molecule has 4 unspecified atom stereocenters. The van der Waals surface area contributed by atoms with Crippen molar-refractivity contribution in [3.8, 4) is 0 Å². The average molecular weight is 272 g/mol. The van der Waals surface area contributed by atoms with E-state index in [4.69, 9.17) is 0 Å². The molecular formula is C11H14BrNO2. The summed E-state index contributed by atoms with van der Waals surface area (Å²) >= 11 is 3.28. The first-order valence-corrected chi connectivity index (χ1v) is 5.92. The van der Waals surface area contributed by atoms with E-state index in [0.717, 1.165) is 5.69 Å². The van der Waals surface area contributed by atoms with Gasteiger partial charge in [-0.15, -0.1) is 0 Å². The molecule has 82 valence electrons. The zero-order valence-electron chi connectivity index (χ0n) is 8.18. The zero-order chi connectivity index (χ0) is 10.8. The maximum absolute atomic E-state index is 9.82. The number of anilines is 1. The number of hydrogen-bond donors (Lipinski definition) is 3. The second kappa shape index (κ2) is 4.51. The summed E-state index contributed by atoms with van der Waals surface area (Å²) in [6.45, 7) is 0. The van der Waals surface area contributed by atoms with Gasteiger partial charge in [0.1, 0.15) is 0 Å². The highest BCUT2D eigenvalue weighted by Gasteiger charge is 2.39. The van der Waals surface area contributed by atoms with Crippen LogP contribution in [0.2, 0.25) is 0 Å². The number of aliphatic hydroxyl groups is 2. The van der Waals surface area contributed by atoms with Crippen LogP contribution in [0.15, 0.2) is 30.3 Å². The van der Waals surface area contributed by atoms with Crippen LogP contribution >= 0.6 is 15.9 Å². The summed E-state index contributed by atoms with van der Waals surface area (Å²) in [6, 6.07) is 9.61. The largest absolute Gasteiger partial charge is 0.392 e. The Morgan fingerprint density at radius 2 is 1.87 bits per heavy atom. The predicted octanol–water partition coefficient (Wildman–Crippen LogP) is 1.36. The van der Waals surface area contributed by atoms with E-state index in [-0.39, 0.29) is 10.9 Å². The third kappa shape index (κ3) is 2.33. The van der Waals surface area contributed by atoms with Crippen LogP contribution in [0.4, 0.5) is 5.69 Å². The molecule has 3 nitrogen and oxygen atoms in total. The molecule has 0 heterocycles. The van der Waals surface area contributed by atoms with Gasteiger partial charge >= 0.3 is 0 Å². The van der Waals surface area contributed by atoms with Crippen LogP contribution in [0.1, 0.15) is 6.42 Å². The quantitative estimate of drug-likeness (QED) is 0.712. The molecule has 0 aliphatic heterocycles. The van der Waals surface area contributed by atoms with E-state index >= 15 is 0 Å². The second-order valence-corrected chi connectivity index (χ2v) is 4.91. The van der Waals surface area contributed by atoms with Crippen molar-refractivity contribution in [2.24, 2.45) is 0 Å². The van der Waals surface area contributed by atoms with Crippen LogP contribution in [0.5, 0.6) is 0 Å². The molecule has 0 amide bonds. The van der Waals surface area contributed by atoms with Gasteiger partial charge in [0.15, 0.2) is 0 Å². The molecule has 1 aliphatic carbocycles. The highest BCUT2D eigenvalue weighted by atomic mass is 79.9. The molecule has 3 N–H and O–H groups in total. The molecular weight excluding hydrogens is 258 g/mol. The van der Waals surface area contributed by atoms with E-state index in [0.29, 0.717) is 6.42 Å². The molecule has 15 heavy (non-hydrogen) atoms. The molecule has 1 saturated carbocycles. The molecule has 0 saturated heterocycles. The Morgan fingerprint density at radius 3 is 2.40 bits per heavy atom. The fourth-order valence-corrected chi connectivity index (χ4v) is 2.46. The van der Waals surface area contributed by atoms with Gasteiger partial charge in [-0.3, -0.25) is 0 Å². The maximum atomic E-state index is 9.82. The lowest BCUT2D eigenvalue weighted by atomic mass is 10.2. The smallest absolute Gasteiger partial charge is 0.0891 e. The molecule has 0 aromatic heterocycles. The van der Waals surface area contributed by atoms with E-state index in [9.17, 15) is 10.2 Å². The van der Waals surface area contributed by atoms with E-state index < -0.39 is 12.2 Å². The van der Waals surface area contributed by atoms with Gasteiger partial charge in [0.2, 0.25) is 0 Å². The van der Waals surface area contributed by atoms with E-state index in [2.05, 4.69) is 21.2 Å². The number of rotatable bonds is 2. The number of aliphatic hydroxyl groups excluding tert-OH is 2. The van der Waals surface area contributed by atoms with Crippen LogP contribution in [0.3, 0.4) is 0 Å². The minimum Gasteiger partial charge on any atom is -0.392 e. The summed E-state index contributed by atoms with van der Waals surface area (Å²) in [7, 11) is 0. The van der Waals surface area contributed by atoms with Crippen molar-refractivity contribution in [1.82, 2.24) is 0 Å². The van der Waals surface area contributed by atoms with Gasteiger partial charge in [-0.1, -0.05) is 34.1 Å². The van der Waals surface area contributed by atoms with Crippen molar-refractivity contribution >= 4 is 21.6 Å². The summed E-state index contributed by atoms with van der Waals surface area (Å²) in [5, 5.41) is 22.6.